The molecule has 2 N–H and O–H groups in total. The molecule has 1 rings (SSSR count). The Morgan fingerprint density at radius 3 is 2.56 bits per heavy atom. The van der Waals surface area contributed by atoms with E-state index in [9.17, 15) is 0 Å². The van der Waals surface area contributed by atoms with Gasteiger partial charge in [0.2, 0.25) is 0 Å². The maximum absolute atomic E-state index is 5.24. The lowest BCUT2D eigenvalue weighted by Gasteiger charge is -2.20. The van der Waals surface area contributed by atoms with Gasteiger partial charge in [-0.2, -0.15) is 0 Å². The molecular weight excluding hydrogens is 228 g/mol. The van der Waals surface area contributed by atoms with Gasteiger partial charge in [-0.05, 0) is 12.8 Å². The second kappa shape index (κ2) is 7.87. The van der Waals surface area contributed by atoms with Gasteiger partial charge >= 0.3 is 0 Å². The number of hydrogen-bond donors (Lipinski definition) is 2. The predicted molar refractivity (Wildman–Crippen MR) is 75.2 cm³/mol. The molecule has 0 radical (unpaired) electrons. The normalized spacial score (nSPS) is 12.2. The summed E-state index contributed by atoms with van der Waals surface area (Å²) in [5.74, 6) is 1.80. The third-order valence-corrected chi connectivity index (χ3v) is 2.88. The molecule has 0 saturated heterocycles. The van der Waals surface area contributed by atoms with Gasteiger partial charge in [-0.1, -0.05) is 20.3 Å². The number of nitrogens with one attached hydrogen (secondary N) is 2. The molecule has 0 spiro atoms. The number of rotatable bonds is 8. The van der Waals surface area contributed by atoms with Crippen LogP contribution in [0.25, 0.3) is 0 Å². The van der Waals surface area contributed by atoms with Crippen LogP contribution in [0.2, 0.25) is 0 Å². The van der Waals surface area contributed by atoms with Gasteiger partial charge in [-0.25, -0.2) is 9.97 Å². The molecule has 5 nitrogen and oxygen atoms in total. The van der Waals surface area contributed by atoms with Crippen LogP contribution in [0.3, 0.4) is 0 Å². The molecule has 0 saturated carbocycles. The minimum absolute atomic E-state index is 0.296. The van der Waals surface area contributed by atoms with E-state index >= 15 is 0 Å². The molecule has 0 aromatic carbocycles. The lowest BCUT2D eigenvalue weighted by atomic mass is 10.1. The highest BCUT2D eigenvalue weighted by Crippen LogP contribution is 2.21. The van der Waals surface area contributed by atoms with E-state index in [1.807, 2.05) is 7.05 Å². The minimum atomic E-state index is 0.296. The third kappa shape index (κ3) is 3.84. The van der Waals surface area contributed by atoms with Crippen LogP contribution in [0, 0.1) is 0 Å². The SMILES string of the molecule is CCCC(COC)Nc1ncnc(NC)c1CC. The van der Waals surface area contributed by atoms with Crippen LogP contribution in [0.5, 0.6) is 0 Å². The molecule has 1 atom stereocenters. The summed E-state index contributed by atoms with van der Waals surface area (Å²) in [6.45, 7) is 4.97. The summed E-state index contributed by atoms with van der Waals surface area (Å²) in [6, 6.07) is 0.296. The van der Waals surface area contributed by atoms with Gasteiger partial charge in [-0.15, -0.1) is 0 Å². The molecule has 1 aromatic rings. The zero-order chi connectivity index (χ0) is 13.4. The quantitative estimate of drug-likeness (QED) is 0.743. The number of ether oxygens (including phenoxy) is 1. The monoisotopic (exact) mass is 252 g/mol. The molecule has 0 aliphatic heterocycles. The molecule has 0 fully saturated rings. The van der Waals surface area contributed by atoms with E-state index in [0.29, 0.717) is 12.6 Å². The molecule has 0 amide bonds. The molecule has 102 valence electrons. The number of nitrogens with zero attached hydrogens (tertiary/aromatic N) is 2. The second-order valence-electron chi connectivity index (χ2n) is 4.24. The van der Waals surface area contributed by atoms with Crippen molar-refractivity contribution in [2.75, 3.05) is 31.4 Å². The molecule has 1 aromatic heterocycles. The molecule has 18 heavy (non-hydrogen) atoms. The Kier molecular flexibility index (Phi) is 6.43. The van der Waals surface area contributed by atoms with Crippen LogP contribution < -0.4 is 10.6 Å². The Balaban J connectivity index is 2.87. The third-order valence-electron chi connectivity index (χ3n) is 2.88. The summed E-state index contributed by atoms with van der Waals surface area (Å²) in [7, 11) is 3.61. The first kappa shape index (κ1) is 14.7. The molecule has 1 unspecified atom stereocenters. The molecular formula is C13H24N4O. The van der Waals surface area contributed by atoms with Crippen LogP contribution >= 0.6 is 0 Å². The van der Waals surface area contributed by atoms with Crippen LogP contribution in [-0.2, 0) is 11.2 Å². The summed E-state index contributed by atoms with van der Waals surface area (Å²) in [6.07, 6.45) is 4.66. The van der Waals surface area contributed by atoms with Crippen molar-refractivity contribution in [1.82, 2.24) is 9.97 Å². The fourth-order valence-corrected chi connectivity index (χ4v) is 2.03. The van der Waals surface area contributed by atoms with Gasteiger partial charge in [0.15, 0.2) is 0 Å². The van der Waals surface area contributed by atoms with Gasteiger partial charge in [0.05, 0.1) is 12.6 Å². The Labute approximate surface area is 109 Å². The van der Waals surface area contributed by atoms with Crippen molar-refractivity contribution in [2.24, 2.45) is 0 Å². The zero-order valence-corrected chi connectivity index (χ0v) is 11.8. The number of aromatic nitrogens is 2. The zero-order valence-electron chi connectivity index (χ0n) is 11.8. The maximum atomic E-state index is 5.24. The summed E-state index contributed by atoms with van der Waals surface area (Å²) in [4.78, 5) is 8.58. The van der Waals surface area contributed by atoms with Crippen molar-refractivity contribution in [3.8, 4) is 0 Å². The minimum Gasteiger partial charge on any atom is -0.383 e. The smallest absolute Gasteiger partial charge is 0.135 e. The summed E-state index contributed by atoms with van der Waals surface area (Å²) in [5.41, 5.74) is 1.12. The largest absolute Gasteiger partial charge is 0.383 e. The average molecular weight is 252 g/mol. The van der Waals surface area contributed by atoms with Crippen molar-refractivity contribution in [3.63, 3.8) is 0 Å². The van der Waals surface area contributed by atoms with Crippen molar-refractivity contribution in [2.45, 2.75) is 39.2 Å². The molecule has 1 heterocycles. The van der Waals surface area contributed by atoms with Crippen molar-refractivity contribution >= 4 is 11.6 Å². The van der Waals surface area contributed by atoms with Crippen molar-refractivity contribution < 1.29 is 4.74 Å². The molecule has 5 heteroatoms. The highest BCUT2D eigenvalue weighted by atomic mass is 16.5. The van der Waals surface area contributed by atoms with Gasteiger partial charge in [0.25, 0.3) is 0 Å². The van der Waals surface area contributed by atoms with Crippen molar-refractivity contribution in [1.29, 1.82) is 0 Å². The standard InChI is InChI=1S/C13H24N4O/c1-5-7-10(8-18-4)17-13-11(6-2)12(14-3)15-9-16-13/h9-10H,5-8H2,1-4H3,(H2,14,15,16,17). The first-order valence-electron chi connectivity index (χ1n) is 6.53. The lowest BCUT2D eigenvalue weighted by molar-refractivity contribution is 0.182. The van der Waals surface area contributed by atoms with Crippen molar-refractivity contribution in [3.05, 3.63) is 11.9 Å². The summed E-state index contributed by atoms with van der Waals surface area (Å²) in [5, 5.41) is 6.56. The van der Waals surface area contributed by atoms with Crippen LogP contribution in [0.4, 0.5) is 11.6 Å². The second-order valence-corrected chi connectivity index (χ2v) is 4.24. The molecule has 0 aliphatic rings. The van der Waals surface area contributed by atoms with Gasteiger partial charge < -0.3 is 15.4 Å². The van der Waals surface area contributed by atoms with E-state index in [1.165, 1.54) is 0 Å². The first-order chi connectivity index (χ1) is 8.76. The number of methoxy groups -OCH3 is 1. The fourth-order valence-electron chi connectivity index (χ4n) is 2.03. The predicted octanol–water partition coefficient (Wildman–Crippen LogP) is 2.31. The average Bonchev–Trinajstić information content (AvgIpc) is 2.39. The number of hydrogen-bond acceptors (Lipinski definition) is 5. The van der Waals surface area contributed by atoms with Crippen LogP contribution in [0.1, 0.15) is 32.3 Å². The van der Waals surface area contributed by atoms with E-state index in [4.69, 9.17) is 4.74 Å². The van der Waals surface area contributed by atoms with E-state index < -0.39 is 0 Å². The van der Waals surface area contributed by atoms with Crippen LogP contribution in [-0.4, -0.2) is 36.8 Å². The highest BCUT2D eigenvalue weighted by molar-refractivity contribution is 5.57. The molecule has 0 bridgehead atoms. The molecule has 0 aliphatic carbocycles. The van der Waals surface area contributed by atoms with Gasteiger partial charge in [-0.3, -0.25) is 0 Å². The highest BCUT2D eigenvalue weighted by Gasteiger charge is 2.13. The van der Waals surface area contributed by atoms with Gasteiger partial charge in [0.1, 0.15) is 18.0 Å². The maximum Gasteiger partial charge on any atom is 0.135 e. The van der Waals surface area contributed by atoms with E-state index in [2.05, 4.69) is 34.4 Å². The lowest BCUT2D eigenvalue weighted by Crippen LogP contribution is -2.26. The van der Waals surface area contributed by atoms with E-state index in [0.717, 1.165) is 36.5 Å². The first-order valence-corrected chi connectivity index (χ1v) is 6.53. The summed E-state index contributed by atoms with van der Waals surface area (Å²) >= 11 is 0. The van der Waals surface area contributed by atoms with E-state index in [-0.39, 0.29) is 0 Å². The fraction of sp³-hybridized carbons (Fsp3) is 0.692. The summed E-state index contributed by atoms with van der Waals surface area (Å²) < 4.78 is 5.24. The van der Waals surface area contributed by atoms with Gasteiger partial charge in [0, 0.05) is 19.7 Å². The topological polar surface area (TPSA) is 59.1 Å². The Morgan fingerprint density at radius 2 is 2.00 bits per heavy atom. The number of anilines is 2. The Morgan fingerprint density at radius 1 is 1.28 bits per heavy atom. The van der Waals surface area contributed by atoms with E-state index in [1.54, 1.807) is 13.4 Å². The Hall–Kier alpha value is -1.36. The van der Waals surface area contributed by atoms with Crippen LogP contribution in [0.15, 0.2) is 6.33 Å². The Bertz CT molecular complexity index is 351.